The van der Waals surface area contributed by atoms with Gasteiger partial charge in [-0.3, -0.25) is 0 Å². The van der Waals surface area contributed by atoms with Gasteiger partial charge < -0.3 is 9.47 Å². The van der Waals surface area contributed by atoms with Gasteiger partial charge in [0, 0.05) is 0 Å². The van der Waals surface area contributed by atoms with Crippen LogP contribution in [-0.4, -0.2) is 30.0 Å². The van der Waals surface area contributed by atoms with Crippen molar-refractivity contribution in [3.8, 4) is 0 Å². The minimum atomic E-state index is -1.28. The lowest BCUT2D eigenvalue weighted by molar-refractivity contribution is -0.163. The summed E-state index contributed by atoms with van der Waals surface area (Å²) < 4.78 is 8.78. The molecular weight excluding hydrogens is 207 g/mol. The molecule has 0 radical (unpaired) electrons. The molecule has 0 aliphatic heterocycles. The van der Waals surface area contributed by atoms with E-state index in [1.165, 1.54) is 14.0 Å². The second-order valence-corrected chi connectivity index (χ2v) is 3.00. The number of esters is 2. The molecule has 0 aliphatic rings. The molecule has 0 saturated heterocycles. The fourth-order valence-electron chi connectivity index (χ4n) is 0.440. The number of methoxy groups -OCH3 is 1. The van der Waals surface area contributed by atoms with Gasteiger partial charge in [-0.25, -0.2) is 9.59 Å². The zero-order valence-electron chi connectivity index (χ0n) is 6.54. The summed E-state index contributed by atoms with van der Waals surface area (Å²) in [6.07, 6.45) is -0.984. The Hall–Kier alpha value is -0.480. The summed E-state index contributed by atoms with van der Waals surface area (Å²) in [5.41, 5.74) is 0. The maximum Gasteiger partial charge on any atom is 0.346 e. The van der Waals surface area contributed by atoms with E-state index in [1.54, 1.807) is 0 Å². The summed E-state index contributed by atoms with van der Waals surface area (Å²) in [4.78, 5) is 20.1. The van der Waals surface area contributed by atoms with Gasteiger partial charge in [0.15, 0.2) is 6.10 Å². The maximum absolute atomic E-state index is 10.7. The van der Waals surface area contributed by atoms with E-state index in [2.05, 4.69) is 9.47 Å². The van der Waals surface area contributed by atoms with Crippen LogP contribution in [0.25, 0.3) is 0 Å². The number of alkyl halides is 2. The van der Waals surface area contributed by atoms with Crippen molar-refractivity contribution in [2.75, 3.05) is 7.11 Å². The van der Waals surface area contributed by atoms with Gasteiger partial charge >= 0.3 is 11.9 Å². The first-order chi connectivity index (χ1) is 5.49. The molecule has 0 bridgehead atoms. The second-order valence-electron chi connectivity index (χ2n) is 1.90. The van der Waals surface area contributed by atoms with Crippen molar-refractivity contribution in [1.82, 2.24) is 0 Å². The van der Waals surface area contributed by atoms with Crippen molar-refractivity contribution in [1.29, 1.82) is 0 Å². The van der Waals surface area contributed by atoms with Crippen LogP contribution in [0.3, 0.4) is 0 Å². The van der Waals surface area contributed by atoms with Gasteiger partial charge in [0.25, 0.3) is 0 Å². The van der Waals surface area contributed by atoms with E-state index in [-0.39, 0.29) is 0 Å². The fraction of sp³-hybridized carbons (Fsp3) is 0.667. The lowest BCUT2D eigenvalue weighted by Gasteiger charge is -2.10. The monoisotopic (exact) mass is 214 g/mol. The van der Waals surface area contributed by atoms with E-state index in [1.807, 2.05) is 0 Å². The average molecular weight is 215 g/mol. The summed E-state index contributed by atoms with van der Waals surface area (Å²) in [5.74, 6) is -1.52. The Bertz CT molecular complexity index is 180. The first kappa shape index (κ1) is 11.5. The molecule has 70 valence electrons. The third kappa shape index (κ3) is 3.78. The van der Waals surface area contributed by atoms with Crippen molar-refractivity contribution >= 4 is 35.1 Å². The van der Waals surface area contributed by atoms with Gasteiger partial charge in [-0.1, -0.05) is 23.2 Å². The molecular formula is C6H8Cl2O4. The average Bonchev–Trinajstić information content (AvgIpc) is 2.02. The quantitative estimate of drug-likeness (QED) is 0.518. The third-order valence-corrected chi connectivity index (χ3v) is 1.36. The normalized spacial score (nSPS) is 12.4. The summed E-state index contributed by atoms with van der Waals surface area (Å²) in [5, 5.41) is 0. The summed E-state index contributed by atoms with van der Waals surface area (Å²) in [7, 11) is 1.19. The zero-order chi connectivity index (χ0) is 9.72. The number of carbonyl (C=O) groups excluding carboxylic acids is 2. The predicted molar refractivity (Wildman–Crippen MR) is 43.1 cm³/mol. The SMILES string of the molecule is COC(=O)[C@@H](C)OC(=O)C(Cl)Cl. The highest BCUT2D eigenvalue weighted by atomic mass is 35.5. The van der Waals surface area contributed by atoms with Crippen molar-refractivity contribution in [3.05, 3.63) is 0 Å². The van der Waals surface area contributed by atoms with Crippen LogP contribution in [0.5, 0.6) is 0 Å². The molecule has 0 rings (SSSR count). The largest absolute Gasteiger partial charge is 0.466 e. The molecule has 6 heteroatoms. The third-order valence-electron chi connectivity index (χ3n) is 1.00. The van der Waals surface area contributed by atoms with Gasteiger partial charge in [-0.05, 0) is 6.92 Å². The predicted octanol–water partition coefficient (Wildman–Crippen LogP) is 0.895. The molecule has 0 heterocycles. The molecule has 0 aliphatic carbocycles. The maximum atomic E-state index is 10.7. The molecule has 0 saturated carbocycles. The van der Waals surface area contributed by atoms with E-state index in [9.17, 15) is 9.59 Å². The number of ether oxygens (including phenoxy) is 2. The van der Waals surface area contributed by atoms with Gasteiger partial charge in [0.05, 0.1) is 7.11 Å². The minimum Gasteiger partial charge on any atom is -0.466 e. The van der Waals surface area contributed by atoms with Crippen LogP contribution in [0.2, 0.25) is 0 Å². The second kappa shape index (κ2) is 5.22. The van der Waals surface area contributed by atoms with Crippen LogP contribution >= 0.6 is 23.2 Å². The van der Waals surface area contributed by atoms with E-state index < -0.39 is 22.9 Å². The van der Waals surface area contributed by atoms with Crippen molar-refractivity contribution in [2.24, 2.45) is 0 Å². The first-order valence-electron chi connectivity index (χ1n) is 3.05. The van der Waals surface area contributed by atoms with Gasteiger partial charge in [-0.2, -0.15) is 0 Å². The Balaban J connectivity index is 3.92. The van der Waals surface area contributed by atoms with Crippen LogP contribution in [0, 0.1) is 0 Å². The van der Waals surface area contributed by atoms with Crippen molar-refractivity contribution in [3.63, 3.8) is 0 Å². The number of hydrogen-bond donors (Lipinski definition) is 0. The minimum absolute atomic E-state index is 0.655. The van der Waals surface area contributed by atoms with Crippen LogP contribution in [-0.2, 0) is 19.1 Å². The van der Waals surface area contributed by atoms with Crippen molar-refractivity contribution in [2.45, 2.75) is 17.9 Å². The van der Waals surface area contributed by atoms with Crippen LogP contribution in [0.4, 0.5) is 0 Å². The van der Waals surface area contributed by atoms with E-state index in [0.717, 1.165) is 0 Å². The lowest BCUT2D eigenvalue weighted by atomic mass is 10.4. The Labute approximate surface area is 79.7 Å². The molecule has 0 spiro atoms. The Morgan fingerprint density at radius 1 is 1.25 bits per heavy atom. The van der Waals surface area contributed by atoms with E-state index in [0.29, 0.717) is 0 Å². The highest BCUT2D eigenvalue weighted by Crippen LogP contribution is 2.06. The molecule has 0 aromatic heterocycles. The molecule has 12 heavy (non-hydrogen) atoms. The standard InChI is InChI=1S/C6H8Cl2O4/c1-3(5(9)11-2)12-6(10)4(7)8/h3-4H,1-2H3/t3-/m1/s1. The number of hydrogen-bond acceptors (Lipinski definition) is 4. The summed E-state index contributed by atoms with van der Waals surface area (Å²) in [6.45, 7) is 1.36. The zero-order valence-corrected chi connectivity index (χ0v) is 8.06. The molecule has 0 unspecified atom stereocenters. The summed E-state index contributed by atoms with van der Waals surface area (Å²) >= 11 is 10.3. The molecule has 4 nitrogen and oxygen atoms in total. The molecule has 0 fully saturated rings. The van der Waals surface area contributed by atoms with Crippen LogP contribution < -0.4 is 0 Å². The van der Waals surface area contributed by atoms with E-state index >= 15 is 0 Å². The Morgan fingerprint density at radius 3 is 2.08 bits per heavy atom. The molecule has 0 aromatic rings. The highest BCUT2D eigenvalue weighted by Gasteiger charge is 2.21. The Morgan fingerprint density at radius 2 is 1.75 bits per heavy atom. The molecule has 0 N–H and O–H groups in total. The number of rotatable bonds is 3. The topological polar surface area (TPSA) is 52.6 Å². The van der Waals surface area contributed by atoms with Gasteiger partial charge in [0.2, 0.25) is 4.84 Å². The fourth-order valence-corrected chi connectivity index (χ4v) is 0.543. The lowest BCUT2D eigenvalue weighted by Crippen LogP contribution is -2.27. The van der Waals surface area contributed by atoms with Crippen LogP contribution in [0.15, 0.2) is 0 Å². The highest BCUT2D eigenvalue weighted by molar-refractivity contribution is 6.52. The van der Waals surface area contributed by atoms with Gasteiger partial charge in [0.1, 0.15) is 0 Å². The molecule has 1 atom stereocenters. The Kier molecular flexibility index (Phi) is 5.01. The number of halogens is 2. The molecule has 0 amide bonds. The van der Waals surface area contributed by atoms with Gasteiger partial charge in [-0.15, -0.1) is 0 Å². The number of carbonyl (C=O) groups is 2. The van der Waals surface area contributed by atoms with E-state index in [4.69, 9.17) is 23.2 Å². The first-order valence-corrected chi connectivity index (χ1v) is 3.92. The molecule has 0 aromatic carbocycles. The van der Waals surface area contributed by atoms with Crippen LogP contribution in [0.1, 0.15) is 6.92 Å². The van der Waals surface area contributed by atoms with Crippen molar-refractivity contribution < 1.29 is 19.1 Å². The summed E-state index contributed by atoms with van der Waals surface area (Å²) in [6, 6.07) is 0. The smallest absolute Gasteiger partial charge is 0.346 e.